The molecular formula is C17H27FO2. The standard InChI is InChI=1S/C17H27FO2/c1-5-20-17(19)12-16(13-18)11-7-10-15(4)9-6-8-14(2)3/h8,10,12H,5-7,9,11,13H2,1-4H3/b15-10+,16-12-. The maximum absolute atomic E-state index is 12.8. The minimum Gasteiger partial charge on any atom is -0.463 e. The van der Waals surface area contributed by atoms with Crippen LogP contribution in [0.1, 0.15) is 53.4 Å². The molecule has 0 aromatic heterocycles. The molecule has 0 heterocycles. The Balaban J connectivity index is 4.17. The number of esters is 1. The summed E-state index contributed by atoms with van der Waals surface area (Å²) in [7, 11) is 0. The summed E-state index contributed by atoms with van der Waals surface area (Å²) >= 11 is 0. The van der Waals surface area contributed by atoms with Crippen LogP contribution in [0.5, 0.6) is 0 Å². The molecule has 0 aliphatic carbocycles. The summed E-state index contributed by atoms with van der Waals surface area (Å²) in [6.07, 6.45) is 9.00. The minimum absolute atomic E-state index is 0.318. The number of hydrogen-bond donors (Lipinski definition) is 0. The highest BCUT2D eigenvalue weighted by Crippen LogP contribution is 2.12. The summed E-state index contributed by atoms with van der Waals surface area (Å²) in [6.45, 7) is 7.73. The molecule has 0 aliphatic rings. The molecular weight excluding hydrogens is 255 g/mol. The molecule has 0 saturated carbocycles. The van der Waals surface area contributed by atoms with Gasteiger partial charge in [0, 0.05) is 6.08 Å². The Bertz CT molecular complexity index is 374. The van der Waals surface area contributed by atoms with Gasteiger partial charge < -0.3 is 4.74 Å². The number of carbonyl (C=O) groups excluding carboxylic acids is 1. The van der Waals surface area contributed by atoms with E-state index in [1.54, 1.807) is 6.92 Å². The topological polar surface area (TPSA) is 26.3 Å². The highest BCUT2D eigenvalue weighted by Gasteiger charge is 2.02. The zero-order valence-corrected chi connectivity index (χ0v) is 13.2. The van der Waals surface area contributed by atoms with Crippen molar-refractivity contribution in [1.29, 1.82) is 0 Å². The van der Waals surface area contributed by atoms with E-state index in [2.05, 4.69) is 32.9 Å². The van der Waals surface area contributed by atoms with Gasteiger partial charge in [0.05, 0.1) is 6.61 Å². The molecule has 0 atom stereocenters. The molecule has 0 aromatic rings. The lowest BCUT2D eigenvalue weighted by atomic mass is 10.1. The van der Waals surface area contributed by atoms with Crippen molar-refractivity contribution in [2.24, 2.45) is 0 Å². The van der Waals surface area contributed by atoms with Gasteiger partial charge in [-0.25, -0.2) is 9.18 Å². The van der Waals surface area contributed by atoms with Crippen molar-refractivity contribution >= 4 is 5.97 Å². The third kappa shape index (κ3) is 10.5. The number of alkyl halides is 1. The minimum atomic E-state index is -0.594. The molecule has 0 unspecified atom stereocenters. The monoisotopic (exact) mass is 282 g/mol. The van der Waals surface area contributed by atoms with Gasteiger partial charge in [0.1, 0.15) is 6.67 Å². The number of ether oxygens (including phenoxy) is 1. The number of carbonyl (C=O) groups is 1. The molecule has 0 saturated heterocycles. The number of hydrogen-bond acceptors (Lipinski definition) is 2. The molecule has 0 aromatic carbocycles. The molecule has 2 nitrogen and oxygen atoms in total. The summed E-state index contributed by atoms with van der Waals surface area (Å²) < 4.78 is 17.5. The van der Waals surface area contributed by atoms with Crippen LogP contribution in [0, 0.1) is 0 Å². The van der Waals surface area contributed by atoms with Crippen LogP contribution in [-0.4, -0.2) is 19.3 Å². The Morgan fingerprint density at radius 1 is 1.10 bits per heavy atom. The van der Waals surface area contributed by atoms with Crippen molar-refractivity contribution in [3.05, 3.63) is 34.9 Å². The van der Waals surface area contributed by atoms with Gasteiger partial charge in [-0.1, -0.05) is 23.3 Å². The van der Waals surface area contributed by atoms with Crippen molar-refractivity contribution < 1.29 is 13.9 Å². The molecule has 0 radical (unpaired) electrons. The van der Waals surface area contributed by atoms with Crippen molar-refractivity contribution in [1.82, 2.24) is 0 Å². The molecule has 20 heavy (non-hydrogen) atoms. The fourth-order valence-corrected chi connectivity index (χ4v) is 1.72. The zero-order chi connectivity index (χ0) is 15.4. The first-order chi connectivity index (χ1) is 9.49. The van der Waals surface area contributed by atoms with E-state index in [1.165, 1.54) is 17.2 Å². The van der Waals surface area contributed by atoms with Crippen LogP contribution in [0.15, 0.2) is 34.9 Å². The number of rotatable bonds is 9. The highest BCUT2D eigenvalue weighted by atomic mass is 19.1. The summed E-state index contributed by atoms with van der Waals surface area (Å²) in [5.74, 6) is -0.454. The van der Waals surface area contributed by atoms with E-state index in [4.69, 9.17) is 4.74 Å². The van der Waals surface area contributed by atoms with E-state index in [0.29, 0.717) is 18.6 Å². The molecule has 0 rings (SSSR count). The lowest BCUT2D eigenvalue weighted by Crippen LogP contribution is -2.02. The predicted octanol–water partition coefficient (Wildman–Crippen LogP) is 4.92. The van der Waals surface area contributed by atoms with Crippen LogP contribution < -0.4 is 0 Å². The van der Waals surface area contributed by atoms with Crippen LogP contribution >= 0.6 is 0 Å². The Morgan fingerprint density at radius 2 is 1.75 bits per heavy atom. The van der Waals surface area contributed by atoms with Crippen molar-refractivity contribution in [3.63, 3.8) is 0 Å². The van der Waals surface area contributed by atoms with Crippen LogP contribution in [0.4, 0.5) is 4.39 Å². The maximum Gasteiger partial charge on any atom is 0.330 e. The molecule has 0 fully saturated rings. The van der Waals surface area contributed by atoms with Gasteiger partial charge in [-0.3, -0.25) is 0 Å². The lowest BCUT2D eigenvalue weighted by molar-refractivity contribution is -0.137. The van der Waals surface area contributed by atoms with Gasteiger partial charge in [0.15, 0.2) is 0 Å². The van der Waals surface area contributed by atoms with Crippen molar-refractivity contribution in [2.75, 3.05) is 13.3 Å². The molecule has 0 amide bonds. The van der Waals surface area contributed by atoms with Gasteiger partial charge in [0.2, 0.25) is 0 Å². The number of halogens is 1. The van der Waals surface area contributed by atoms with Gasteiger partial charge >= 0.3 is 5.97 Å². The SMILES string of the molecule is CCOC(=O)/C=C(\CF)CC/C=C(\C)CCC=C(C)C. The molecule has 114 valence electrons. The van der Waals surface area contributed by atoms with E-state index >= 15 is 0 Å². The van der Waals surface area contributed by atoms with Crippen LogP contribution in [0.25, 0.3) is 0 Å². The summed E-state index contributed by atoms with van der Waals surface area (Å²) in [5, 5.41) is 0. The van der Waals surface area contributed by atoms with Crippen LogP contribution in [0.2, 0.25) is 0 Å². The summed E-state index contributed by atoms with van der Waals surface area (Å²) in [6, 6.07) is 0. The molecule has 0 aliphatic heterocycles. The van der Waals surface area contributed by atoms with E-state index < -0.39 is 12.6 Å². The largest absolute Gasteiger partial charge is 0.463 e. The molecule has 0 N–H and O–H groups in total. The predicted molar refractivity (Wildman–Crippen MR) is 82.3 cm³/mol. The smallest absolute Gasteiger partial charge is 0.330 e. The second-order valence-corrected chi connectivity index (χ2v) is 5.10. The quantitative estimate of drug-likeness (QED) is 0.341. The van der Waals surface area contributed by atoms with Crippen molar-refractivity contribution in [2.45, 2.75) is 53.4 Å². The lowest BCUT2D eigenvalue weighted by Gasteiger charge is -2.03. The average molecular weight is 282 g/mol. The third-order valence-corrected chi connectivity index (χ3v) is 2.83. The highest BCUT2D eigenvalue weighted by molar-refractivity contribution is 5.82. The van der Waals surface area contributed by atoms with Gasteiger partial charge in [-0.15, -0.1) is 0 Å². The summed E-state index contributed by atoms with van der Waals surface area (Å²) in [5.41, 5.74) is 3.13. The van der Waals surface area contributed by atoms with E-state index in [1.807, 2.05) is 0 Å². The zero-order valence-electron chi connectivity index (χ0n) is 13.2. The van der Waals surface area contributed by atoms with Crippen LogP contribution in [-0.2, 0) is 9.53 Å². The Kier molecular flexibility index (Phi) is 10.7. The van der Waals surface area contributed by atoms with Gasteiger partial charge in [0.25, 0.3) is 0 Å². The van der Waals surface area contributed by atoms with Crippen LogP contribution in [0.3, 0.4) is 0 Å². The molecule has 0 spiro atoms. The van der Waals surface area contributed by atoms with E-state index in [9.17, 15) is 9.18 Å². The van der Waals surface area contributed by atoms with E-state index in [-0.39, 0.29) is 0 Å². The number of allylic oxidation sites excluding steroid dienone is 5. The Morgan fingerprint density at radius 3 is 2.30 bits per heavy atom. The maximum atomic E-state index is 12.8. The first kappa shape index (κ1) is 18.6. The van der Waals surface area contributed by atoms with Gasteiger partial charge in [-0.2, -0.15) is 0 Å². The van der Waals surface area contributed by atoms with Crippen molar-refractivity contribution in [3.8, 4) is 0 Å². The second kappa shape index (κ2) is 11.4. The fraction of sp³-hybridized carbons (Fsp3) is 0.588. The van der Waals surface area contributed by atoms with Gasteiger partial charge in [-0.05, 0) is 59.0 Å². The van der Waals surface area contributed by atoms with E-state index in [0.717, 1.165) is 19.3 Å². The normalized spacial score (nSPS) is 12.2. The Hall–Kier alpha value is -1.38. The first-order valence-electron chi connectivity index (χ1n) is 7.20. The fourth-order valence-electron chi connectivity index (χ4n) is 1.72. The first-order valence-corrected chi connectivity index (χ1v) is 7.20. The third-order valence-electron chi connectivity index (χ3n) is 2.83. The molecule has 3 heteroatoms. The summed E-state index contributed by atoms with van der Waals surface area (Å²) in [4.78, 5) is 11.2. The molecule has 0 bridgehead atoms. The Labute approximate surface area is 122 Å². The average Bonchev–Trinajstić information content (AvgIpc) is 2.37. The second-order valence-electron chi connectivity index (χ2n) is 5.10.